The number of hydrogen-bond acceptors (Lipinski definition) is 7. The van der Waals surface area contributed by atoms with E-state index in [1.807, 2.05) is 24.3 Å². The van der Waals surface area contributed by atoms with Gasteiger partial charge in [-0.05, 0) is 48.1 Å². The summed E-state index contributed by atoms with van der Waals surface area (Å²) in [6.45, 7) is 2.30. The largest absolute Gasteiger partial charge is 0.497 e. The maximum atomic E-state index is 5.28. The highest BCUT2D eigenvalue weighted by Crippen LogP contribution is 2.38. The van der Waals surface area contributed by atoms with Crippen molar-refractivity contribution in [2.24, 2.45) is 5.92 Å². The van der Waals surface area contributed by atoms with Crippen molar-refractivity contribution in [3.8, 4) is 23.0 Å². The summed E-state index contributed by atoms with van der Waals surface area (Å²) in [6.07, 6.45) is 4.93. The third-order valence-corrected chi connectivity index (χ3v) is 6.17. The molecule has 3 aromatic heterocycles. The number of aryl methyl sites for hydroxylation is 1. The van der Waals surface area contributed by atoms with Crippen LogP contribution in [0.25, 0.3) is 27.4 Å². The second kappa shape index (κ2) is 6.38. The van der Waals surface area contributed by atoms with Crippen LogP contribution in [0.15, 0.2) is 30.6 Å². The van der Waals surface area contributed by atoms with Gasteiger partial charge in [-0.3, -0.25) is 0 Å². The van der Waals surface area contributed by atoms with Gasteiger partial charge in [0, 0.05) is 10.4 Å². The van der Waals surface area contributed by atoms with Gasteiger partial charge in [0.1, 0.15) is 16.9 Å². The molecule has 0 unspecified atom stereocenters. The lowest BCUT2D eigenvalue weighted by Gasteiger charge is -2.17. The number of rotatable bonds is 3. The normalized spacial score (nSPS) is 16.4. The topological polar surface area (TPSA) is 78.6 Å². The zero-order chi connectivity index (χ0) is 18.4. The van der Waals surface area contributed by atoms with Gasteiger partial charge in [-0.1, -0.05) is 19.1 Å². The summed E-state index contributed by atoms with van der Waals surface area (Å²) in [5, 5.41) is 14.1. The first kappa shape index (κ1) is 16.3. The summed E-state index contributed by atoms with van der Waals surface area (Å²) in [4.78, 5) is 12.9. The van der Waals surface area contributed by atoms with Crippen LogP contribution in [-0.2, 0) is 12.8 Å². The Hall–Kier alpha value is -2.87. The first-order valence-electron chi connectivity index (χ1n) is 8.93. The molecule has 0 spiro atoms. The highest BCUT2D eigenvalue weighted by molar-refractivity contribution is 7.18. The summed E-state index contributed by atoms with van der Waals surface area (Å²) >= 11 is 1.76. The summed E-state index contributed by atoms with van der Waals surface area (Å²) in [6, 6.07) is 7.63. The molecule has 0 N–H and O–H groups in total. The molecule has 1 atom stereocenters. The van der Waals surface area contributed by atoms with Crippen LogP contribution in [-0.4, -0.2) is 37.3 Å². The zero-order valence-corrected chi connectivity index (χ0v) is 15.9. The second-order valence-electron chi connectivity index (χ2n) is 6.86. The molecule has 0 saturated heterocycles. The standard InChI is InChI=1S/C19H18N6OS/c1-11-6-7-14-15(8-11)27-19-16(14)18(20-10-21-19)25-23-17(22-24-25)12-4-3-5-13(9-12)26-2/h3-5,9-11H,6-8H2,1-2H3/t11-/m1/s1. The molecule has 8 heteroatoms. The lowest BCUT2D eigenvalue weighted by Crippen LogP contribution is -2.10. The van der Waals surface area contributed by atoms with Gasteiger partial charge in [0.05, 0.1) is 12.5 Å². The van der Waals surface area contributed by atoms with Crippen LogP contribution < -0.4 is 4.74 Å². The summed E-state index contributed by atoms with van der Waals surface area (Å²) in [5.74, 6) is 2.72. The molecule has 0 radical (unpaired) electrons. The highest BCUT2D eigenvalue weighted by Gasteiger charge is 2.24. The quantitative estimate of drug-likeness (QED) is 0.543. The van der Waals surface area contributed by atoms with E-state index in [1.54, 1.807) is 24.8 Å². The Balaban J connectivity index is 1.61. The van der Waals surface area contributed by atoms with E-state index < -0.39 is 0 Å². The number of aromatic nitrogens is 6. The molecule has 5 rings (SSSR count). The minimum Gasteiger partial charge on any atom is -0.497 e. The van der Waals surface area contributed by atoms with Crippen molar-refractivity contribution in [1.82, 2.24) is 30.2 Å². The molecule has 0 fully saturated rings. The van der Waals surface area contributed by atoms with E-state index in [0.717, 1.165) is 34.4 Å². The first-order chi connectivity index (χ1) is 13.2. The fraction of sp³-hybridized carbons (Fsp3) is 0.316. The van der Waals surface area contributed by atoms with Gasteiger partial charge in [-0.15, -0.1) is 26.3 Å². The number of nitrogens with zero attached hydrogens (tertiary/aromatic N) is 6. The third kappa shape index (κ3) is 2.76. The average molecular weight is 378 g/mol. The molecule has 136 valence electrons. The Kier molecular flexibility index (Phi) is 3.86. The molecule has 1 aromatic carbocycles. The molecule has 0 amide bonds. The van der Waals surface area contributed by atoms with E-state index >= 15 is 0 Å². The van der Waals surface area contributed by atoms with Crippen LogP contribution in [0.3, 0.4) is 0 Å². The lowest BCUT2D eigenvalue weighted by atomic mass is 9.89. The molecule has 27 heavy (non-hydrogen) atoms. The Bertz CT molecular complexity index is 1130. The smallest absolute Gasteiger partial charge is 0.205 e. The predicted octanol–water partition coefficient (Wildman–Crippen LogP) is 3.47. The van der Waals surface area contributed by atoms with Gasteiger partial charge in [-0.2, -0.15) is 0 Å². The lowest BCUT2D eigenvalue weighted by molar-refractivity contribution is 0.415. The van der Waals surface area contributed by atoms with E-state index in [1.165, 1.54) is 21.7 Å². The van der Waals surface area contributed by atoms with Crippen molar-refractivity contribution in [2.75, 3.05) is 7.11 Å². The van der Waals surface area contributed by atoms with E-state index in [2.05, 4.69) is 32.3 Å². The Morgan fingerprint density at radius 2 is 2.19 bits per heavy atom. The van der Waals surface area contributed by atoms with E-state index in [0.29, 0.717) is 17.6 Å². The summed E-state index contributed by atoms with van der Waals surface area (Å²) < 4.78 is 5.28. The average Bonchev–Trinajstić information content (AvgIpc) is 3.32. The number of thiophene rings is 1. The highest BCUT2D eigenvalue weighted by atomic mass is 32.1. The van der Waals surface area contributed by atoms with Crippen LogP contribution in [0.4, 0.5) is 0 Å². The molecule has 7 nitrogen and oxygen atoms in total. The number of ether oxygens (including phenoxy) is 1. The number of methoxy groups -OCH3 is 1. The van der Waals surface area contributed by atoms with Gasteiger partial charge < -0.3 is 4.74 Å². The Labute approximate surface area is 160 Å². The van der Waals surface area contributed by atoms with Crippen molar-refractivity contribution in [1.29, 1.82) is 0 Å². The monoisotopic (exact) mass is 378 g/mol. The number of hydrogen-bond donors (Lipinski definition) is 0. The number of fused-ring (bicyclic) bond motifs is 3. The van der Waals surface area contributed by atoms with Crippen molar-refractivity contribution < 1.29 is 4.74 Å². The van der Waals surface area contributed by atoms with Gasteiger partial charge in [0.25, 0.3) is 0 Å². The molecule has 0 saturated carbocycles. The molecule has 4 aromatic rings. The first-order valence-corrected chi connectivity index (χ1v) is 9.74. The molecule has 0 aliphatic heterocycles. The summed E-state index contributed by atoms with van der Waals surface area (Å²) in [5.41, 5.74) is 2.20. The maximum absolute atomic E-state index is 5.28. The van der Waals surface area contributed by atoms with E-state index in [-0.39, 0.29) is 0 Å². The molecular weight excluding hydrogens is 360 g/mol. The van der Waals surface area contributed by atoms with Gasteiger partial charge >= 0.3 is 0 Å². The maximum Gasteiger partial charge on any atom is 0.205 e. The molecule has 0 bridgehead atoms. The Morgan fingerprint density at radius 3 is 3.07 bits per heavy atom. The number of benzene rings is 1. The molecule has 3 heterocycles. The van der Waals surface area contributed by atoms with Gasteiger partial charge in [0.15, 0.2) is 5.82 Å². The zero-order valence-electron chi connectivity index (χ0n) is 15.1. The molecular formula is C19H18N6OS. The molecule has 1 aliphatic carbocycles. The third-order valence-electron chi connectivity index (χ3n) is 5.00. The van der Waals surface area contributed by atoms with E-state index in [4.69, 9.17) is 4.74 Å². The van der Waals surface area contributed by atoms with Crippen LogP contribution in [0.5, 0.6) is 5.75 Å². The fourth-order valence-electron chi connectivity index (χ4n) is 3.59. The second-order valence-corrected chi connectivity index (χ2v) is 7.95. The predicted molar refractivity (Wildman–Crippen MR) is 103 cm³/mol. The van der Waals surface area contributed by atoms with Crippen molar-refractivity contribution in [3.05, 3.63) is 41.0 Å². The minimum absolute atomic E-state index is 0.540. The van der Waals surface area contributed by atoms with Crippen LogP contribution in [0.1, 0.15) is 23.8 Å². The van der Waals surface area contributed by atoms with Gasteiger partial charge in [-0.25, -0.2) is 9.97 Å². The summed E-state index contributed by atoms with van der Waals surface area (Å²) in [7, 11) is 1.64. The SMILES string of the molecule is COc1cccc(-c2nnn(-c3ncnc4sc5c(c34)CC[C@@H](C)C5)n2)c1. The van der Waals surface area contributed by atoms with Crippen LogP contribution in [0.2, 0.25) is 0 Å². The van der Waals surface area contributed by atoms with Crippen molar-refractivity contribution in [3.63, 3.8) is 0 Å². The van der Waals surface area contributed by atoms with E-state index in [9.17, 15) is 0 Å². The Morgan fingerprint density at radius 1 is 1.26 bits per heavy atom. The number of tetrazole rings is 1. The fourth-order valence-corrected chi connectivity index (χ4v) is 4.94. The minimum atomic E-state index is 0.540. The van der Waals surface area contributed by atoms with Crippen molar-refractivity contribution in [2.45, 2.75) is 26.2 Å². The van der Waals surface area contributed by atoms with Crippen LogP contribution in [0, 0.1) is 5.92 Å². The van der Waals surface area contributed by atoms with Gasteiger partial charge in [0.2, 0.25) is 5.82 Å². The van der Waals surface area contributed by atoms with Crippen LogP contribution >= 0.6 is 11.3 Å². The molecule has 1 aliphatic rings. The van der Waals surface area contributed by atoms with Crippen molar-refractivity contribution >= 4 is 21.6 Å².